The number of hydrogen-bond donors (Lipinski definition) is 1. The third-order valence-electron chi connectivity index (χ3n) is 3.85. The molecule has 21 heavy (non-hydrogen) atoms. The van der Waals surface area contributed by atoms with E-state index < -0.39 is 5.92 Å². The van der Waals surface area contributed by atoms with Gasteiger partial charge in [0.2, 0.25) is 0 Å². The Morgan fingerprint density at radius 1 is 1.19 bits per heavy atom. The van der Waals surface area contributed by atoms with Crippen LogP contribution in [-0.2, 0) is 10.7 Å². The van der Waals surface area contributed by atoms with Gasteiger partial charge < -0.3 is 10.5 Å². The van der Waals surface area contributed by atoms with Gasteiger partial charge in [-0.15, -0.1) is 0 Å². The summed E-state index contributed by atoms with van der Waals surface area (Å²) in [7, 11) is 0. The zero-order valence-corrected chi connectivity index (χ0v) is 12.3. The van der Waals surface area contributed by atoms with Crippen molar-refractivity contribution in [2.24, 2.45) is 5.73 Å². The van der Waals surface area contributed by atoms with Crippen LogP contribution in [0.2, 0.25) is 0 Å². The normalized spacial score (nSPS) is 18.0. The monoisotopic (exact) mass is 298 g/mol. The second-order valence-corrected chi connectivity index (χ2v) is 5.56. The Morgan fingerprint density at radius 2 is 1.86 bits per heavy atom. The van der Waals surface area contributed by atoms with Crippen LogP contribution in [0.1, 0.15) is 24.8 Å². The van der Waals surface area contributed by atoms with Crippen molar-refractivity contribution in [2.75, 3.05) is 32.8 Å². The minimum atomic E-state index is -2.80. The molecule has 0 atom stereocenters. The van der Waals surface area contributed by atoms with Crippen LogP contribution in [0.5, 0.6) is 0 Å². The second-order valence-electron chi connectivity index (χ2n) is 5.56. The van der Waals surface area contributed by atoms with Crippen LogP contribution in [-0.4, -0.2) is 43.8 Å². The molecule has 0 saturated carbocycles. The van der Waals surface area contributed by atoms with Crippen molar-refractivity contribution in [2.45, 2.75) is 31.3 Å². The third kappa shape index (κ3) is 5.02. The zero-order chi connectivity index (χ0) is 15.1. The van der Waals surface area contributed by atoms with Gasteiger partial charge in [-0.1, -0.05) is 30.3 Å². The van der Waals surface area contributed by atoms with Gasteiger partial charge in [0.1, 0.15) is 0 Å². The molecular weight excluding hydrogens is 274 g/mol. The molecule has 1 fully saturated rings. The maximum Gasteiger partial charge on any atom is 0.285 e. The van der Waals surface area contributed by atoms with Crippen LogP contribution in [0, 0.1) is 0 Å². The quantitative estimate of drug-likeness (QED) is 0.786. The van der Waals surface area contributed by atoms with E-state index in [2.05, 4.69) is 0 Å². The standard InChI is InChI=1S/C16H24F2N2O/c17-16(18,14-5-2-1-3-6-14)13-20-10-7-15(8-11-20)21-12-4-9-19/h1-3,5-6,15H,4,7-13,19H2. The number of hydrogen-bond acceptors (Lipinski definition) is 3. The van der Waals surface area contributed by atoms with E-state index in [1.165, 1.54) is 12.1 Å². The van der Waals surface area contributed by atoms with Gasteiger partial charge in [0.15, 0.2) is 0 Å². The number of nitrogens with two attached hydrogens (primary N) is 1. The van der Waals surface area contributed by atoms with Crippen molar-refractivity contribution in [3.05, 3.63) is 35.9 Å². The first-order valence-corrected chi connectivity index (χ1v) is 7.59. The number of rotatable bonds is 7. The van der Waals surface area contributed by atoms with Crippen LogP contribution in [0.25, 0.3) is 0 Å². The fourth-order valence-corrected chi connectivity index (χ4v) is 2.62. The van der Waals surface area contributed by atoms with Crippen LogP contribution < -0.4 is 5.73 Å². The smallest absolute Gasteiger partial charge is 0.285 e. The van der Waals surface area contributed by atoms with E-state index in [0.29, 0.717) is 26.2 Å². The third-order valence-corrected chi connectivity index (χ3v) is 3.85. The number of benzene rings is 1. The zero-order valence-electron chi connectivity index (χ0n) is 12.3. The largest absolute Gasteiger partial charge is 0.378 e. The number of nitrogens with zero attached hydrogens (tertiary/aromatic N) is 1. The van der Waals surface area contributed by atoms with E-state index in [1.807, 2.05) is 4.90 Å². The van der Waals surface area contributed by atoms with Crippen molar-refractivity contribution in [3.8, 4) is 0 Å². The molecule has 1 aromatic carbocycles. The van der Waals surface area contributed by atoms with E-state index in [0.717, 1.165) is 19.3 Å². The number of halogens is 2. The Morgan fingerprint density at radius 3 is 2.48 bits per heavy atom. The SMILES string of the molecule is NCCCOC1CCN(CC(F)(F)c2ccccc2)CC1. The molecule has 0 spiro atoms. The fraction of sp³-hybridized carbons (Fsp3) is 0.625. The molecule has 1 aliphatic heterocycles. The lowest BCUT2D eigenvalue weighted by Gasteiger charge is -2.34. The van der Waals surface area contributed by atoms with E-state index in [9.17, 15) is 8.78 Å². The first-order chi connectivity index (χ1) is 10.1. The molecule has 1 aromatic rings. The lowest BCUT2D eigenvalue weighted by atomic mass is 10.0. The molecule has 1 heterocycles. The molecule has 0 aromatic heterocycles. The Balaban J connectivity index is 1.78. The van der Waals surface area contributed by atoms with E-state index in [-0.39, 0.29) is 18.2 Å². The van der Waals surface area contributed by atoms with Gasteiger partial charge in [-0.3, -0.25) is 4.90 Å². The van der Waals surface area contributed by atoms with E-state index >= 15 is 0 Å². The Hall–Kier alpha value is -1.04. The highest BCUT2D eigenvalue weighted by molar-refractivity contribution is 5.20. The van der Waals surface area contributed by atoms with Crippen molar-refractivity contribution in [1.29, 1.82) is 0 Å². The molecule has 0 radical (unpaired) electrons. The molecule has 5 heteroatoms. The van der Waals surface area contributed by atoms with Crippen LogP contribution >= 0.6 is 0 Å². The molecule has 0 aliphatic carbocycles. The number of likely N-dealkylation sites (tertiary alicyclic amines) is 1. The average molecular weight is 298 g/mol. The predicted octanol–water partition coefficient (Wildman–Crippen LogP) is 2.61. The molecule has 2 N–H and O–H groups in total. The fourth-order valence-electron chi connectivity index (χ4n) is 2.62. The lowest BCUT2D eigenvalue weighted by molar-refractivity contribution is -0.0584. The molecule has 3 nitrogen and oxygen atoms in total. The summed E-state index contributed by atoms with van der Waals surface area (Å²) in [5, 5.41) is 0. The summed E-state index contributed by atoms with van der Waals surface area (Å²) in [4.78, 5) is 1.83. The summed E-state index contributed by atoms with van der Waals surface area (Å²) in [5.74, 6) is -2.80. The average Bonchev–Trinajstić information content (AvgIpc) is 2.50. The number of alkyl halides is 2. The van der Waals surface area contributed by atoms with Crippen molar-refractivity contribution in [1.82, 2.24) is 4.90 Å². The highest BCUT2D eigenvalue weighted by Gasteiger charge is 2.35. The van der Waals surface area contributed by atoms with E-state index in [4.69, 9.17) is 10.5 Å². The van der Waals surface area contributed by atoms with Crippen molar-refractivity contribution < 1.29 is 13.5 Å². The second kappa shape index (κ2) is 7.82. The van der Waals surface area contributed by atoms with Crippen LogP contribution in [0.3, 0.4) is 0 Å². The maximum absolute atomic E-state index is 14.2. The maximum atomic E-state index is 14.2. The minimum Gasteiger partial charge on any atom is -0.378 e. The summed E-state index contributed by atoms with van der Waals surface area (Å²) in [6.45, 7) is 2.40. The van der Waals surface area contributed by atoms with E-state index in [1.54, 1.807) is 18.2 Å². The summed E-state index contributed by atoms with van der Waals surface area (Å²) in [5.41, 5.74) is 5.51. The predicted molar refractivity (Wildman–Crippen MR) is 79.4 cm³/mol. The topological polar surface area (TPSA) is 38.5 Å². The van der Waals surface area contributed by atoms with Gasteiger partial charge in [-0.25, -0.2) is 0 Å². The van der Waals surface area contributed by atoms with Gasteiger partial charge in [-0.05, 0) is 25.8 Å². The molecular formula is C16H24F2N2O. The highest BCUT2D eigenvalue weighted by Crippen LogP contribution is 2.30. The highest BCUT2D eigenvalue weighted by atomic mass is 19.3. The van der Waals surface area contributed by atoms with Crippen LogP contribution in [0.15, 0.2) is 30.3 Å². The van der Waals surface area contributed by atoms with Gasteiger partial charge in [0.25, 0.3) is 5.92 Å². The molecule has 0 unspecified atom stereocenters. The summed E-state index contributed by atoms with van der Waals surface area (Å²) < 4.78 is 34.1. The first-order valence-electron chi connectivity index (χ1n) is 7.59. The summed E-state index contributed by atoms with van der Waals surface area (Å²) in [6.07, 6.45) is 2.68. The van der Waals surface area contributed by atoms with Crippen molar-refractivity contribution >= 4 is 0 Å². The van der Waals surface area contributed by atoms with Gasteiger partial charge in [0, 0.05) is 25.3 Å². The molecule has 118 valence electrons. The lowest BCUT2D eigenvalue weighted by Crippen LogP contribution is -2.42. The summed E-state index contributed by atoms with van der Waals surface area (Å²) >= 11 is 0. The molecule has 1 saturated heterocycles. The minimum absolute atomic E-state index is 0.0892. The van der Waals surface area contributed by atoms with Gasteiger partial charge in [0.05, 0.1) is 12.6 Å². The Kier molecular flexibility index (Phi) is 6.08. The number of piperidine rings is 1. The molecule has 1 aliphatic rings. The van der Waals surface area contributed by atoms with Gasteiger partial charge >= 0.3 is 0 Å². The Labute approximate surface area is 125 Å². The summed E-state index contributed by atoms with van der Waals surface area (Å²) in [6, 6.07) is 8.04. The molecule has 0 amide bonds. The van der Waals surface area contributed by atoms with Crippen molar-refractivity contribution in [3.63, 3.8) is 0 Å². The number of ether oxygens (including phenoxy) is 1. The molecule has 2 rings (SSSR count). The molecule has 0 bridgehead atoms. The van der Waals surface area contributed by atoms with Gasteiger partial charge in [-0.2, -0.15) is 8.78 Å². The Bertz CT molecular complexity index is 406. The van der Waals surface area contributed by atoms with Crippen LogP contribution in [0.4, 0.5) is 8.78 Å². The first kappa shape index (κ1) is 16.3.